The second-order valence-corrected chi connectivity index (χ2v) is 7.35. The first kappa shape index (κ1) is 17.7. The molecule has 0 atom stereocenters. The molecule has 2 nitrogen and oxygen atoms in total. The number of hydrogen-bond acceptors (Lipinski definition) is 1. The third-order valence-electron chi connectivity index (χ3n) is 4.62. The number of rotatable bonds is 5. The number of nitrogens with zero attached hydrogens (tertiary/aromatic N) is 2. The van der Waals surface area contributed by atoms with Crippen molar-refractivity contribution in [1.82, 2.24) is 9.55 Å². The van der Waals surface area contributed by atoms with E-state index in [9.17, 15) is 0 Å². The Kier molecular flexibility index (Phi) is 5.21. The topological polar surface area (TPSA) is 17.8 Å². The van der Waals surface area contributed by atoms with Gasteiger partial charge in [-0.15, -0.1) is 0 Å². The highest BCUT2D eigenvalue weighted by atomic mass is 79.9. The van der Waals surface area contributed by atoms with Gasteiger partial charge in [-0.2, -0.15) is 0 Å². The number of aromatic nitrogens is 2. The number of imidazole rings is 1. The SMILES string of the molecule is CCCn1c(-c2ccccc2Br)nc(-c2ccccc2)c1-c1ccccc1. The van der Waals surface area contributed by atoms with E-state index in [0.717, 1.165) is 40.1 Å². The van der Waals surface area contributed by atoms with Gasteiger partial charge in [-0.05, 0) is 12.5 Å². The van der Waals surface area contributed by atoms with Crippen LogP contribution in [0.1, 0.15) is 13.3 Å². The fraction of sp³-hybridized carbons (Fsp3) is 0.125. The maximum Gasteiger partial charge on any atom is 0.142 e. The minimum Gasteiger partial charge on any atom is -0.323 e. The quantitative estimate of drug-likeness (QED) is 0.340. The van der Waals surface area contributed by atoms with Crippen LogP contribution in [-0.4, -0.2) is 9.55 Å². The molecule has 3 heteroatoms. The van der Waals surface area contributed by atoms with Gasteiger partial charge in [0.1, 0.15) is 5.82 Å². The maximum absolute atomic E-state index is 5.14. The standard InChI is InChI=1S/C24H21BrN2/c1-2-17-27-23(19-13-7-4-8-14-19)22(18-11-5-3-6-12-18)26-24(27)20-15-9-10-16-21(20)25/h3-16H,2,17H2,1H3. The monoisotopic (exact) mass is 416 g/mol. The van der Waals surface area contributed by atoms with E-state index in [1.165, 1.54) is 11.3 Å². The molecule has 1 aromatic heterocycles. The highest BCUT2D eigenvalue weighted by molar-refractivity contribution is 9.10. The van der Waals surface area contributed by atoms with Crippen molar-refractivity contribution in [3.05, 3.63) is 89.4 Å². The Bertz CT molecular complexity index is 1040. The predicted molar refractivity (Wildman–Crippen MR) is 117 cm³/mol. The van der Waals surface area contributed by atoms with Crippen molar-refractivity contribution in [3.8, 4) is 33.9 Å². The molecule has 0 spiro atoms. The van der Waals surface area contributed by atoms with E-state index < -0.39 is 0 Å². The van der Waals surface area contributed by atoms with Crippen LogP contribution < -0.4 is 0 Å². The summed E-state index contributed by atoms with van der Waals surface area (Å²) in [5.74, 6) is 1.00. The van der Waals surface area contributed by atoms with Crippen LogP contribution in [0.5, 0.6) is 0 Å². The lowest BCUT2D eigenvalue weighted by Crippen LogP contribution is -2.02. The lowest BCUT2D eigenvalue weighted by atomic mass is 10.0. The van der Waals surface area contributed by atoms with Crippen LogP contribution in [0.3, 0.4) is 0 Å². The smallest absolute Gasteiger partial charge is 0.142 e. The first-order chi connectivity index (χ1) is 13.3. The Morgan fingerprint density at radius 1 is 0.778 bits per heavy atom. The predicted octanol–water partition coefficient (Wildman–Crippen LogP) is 7.06. The fourth-order valence-corrected chi connectivity index (χ4v) is 3.89. The van der Waals surface area contributed by atoms with Crippen LogP contribution in [0.25, 0.3) is 33.9 Å². The maximum atomic E-state index is 5.14. The molecule has 0 saturated carbocycles. The van der Waals surface area contributed by atoms with E-state index in [4.69, 9.17) is 4.98 Å². The summed E-state index contributed by atoms with van der Waals surface area (Å²) in [6, 6.07) is 29.3. The van der Waals surface area contributed by atoms with Gasteiger partial charge >= 0.3 is 0 Å². The molecule has 0 fully saturated rings. The molecule has 134 valence electrons. The lowest BCUT2D eigenvalue weighted by molar-refractivity contribution is 0.691. The average molecular weight is 417 g/mol. The van der Waals surface area contributed by atoms with Crippen LogP contribution in [0.2, 0.25) is 0 Å². The summed E-state index contributed by atoms with van der Waals surface area (Å²) in [6.45, 7) is 3.13. The normalized spacial score (nSPS) is 10.9. The Labute approximate surface area is 168 Å². The highest BCUT2D eigenvalue weighted by Gasteiger charge is 2.21. The molecule has 0 radical (unpaired) electrons. The summed E-state index contributed by atoms with van der Waals surface area (Å²) in [4.78, 5) is 5.14. The largest absolute Gasteiger partial charge is 0.323 e. The van der Waals surface area contributed by atoms with Gasteiger partial charge in [-0.1, -0.05) is 102 Å². The zero-order valence-corrected chi connectivity index (χ0v) is 16.9. The average Bonchev–Trinajstić information content (AvgIpc) is 3.09. The van der Waals surface area contributed by atoms with Gasteiger partial charge in [0.05, 0.1) is 11.4 Å². The van der Waals surface area contributed by atoms with Crippen LogP contribution in [-0.2, 0) is 6.54 Å². The number of hydrogen-bond donors (Lipinski definition) is 0. The van der Waals surface area contributed by atoms with Crippen molar-refractivity contribution in [2.45, 2.75) is 19.9 Å². The van der Waals surface area contributed by atoms with Crippen molar-refractivity contribution in [3.63, 3.8) is 0 Å². The second-order valence-electron chi connectivity index (χ2n) is 6.50. The molecule has 4 rings (SSSR count). The Morgan fingerprint density at radius 2 is 1.37 bits per heavy atom. The summed E-state index contributed by atoms with van der Waals surface area (Å²) >= 11 is 3.71. The van der Waals surface area contributed by atoms with Gasteiger partial charge in [-0.25, -0.2) is 4.98 Å². The molecule has 0 N–H and O–H groups in total. The molecule has 0 saturated heterocycles. The van der Waals surface area contributed by atoms with Crippen molar-refractivity contribution in [1.29, 1.82) is 0 Å². The van der Waals surface area contributed by atoms with E-state index in [1.54, 1.807) is 0 Å². The van der Waals surface area contributed by atoms with Crippen LogP contribution in [0.4, 0.5) is 0 Å². The Balaban J connectivity index is 2.04. The molecule has 0 unspecified atom stereocenters. The first-order valence-corrected chi connectivity index (χ1v) is 10.0. The summed E-state index contributed by atoms with van der Waals surface area (Å²) in [5.41, 5.74) is 5.65. The van der Waals surface area contributed by atoms with Crippen molar-refractivity contribution >= 4 is 15.9 Å². The molecular weight excluding hydrogens is 396 g/mol. The molecule has 1 heterocycles. The van der Waals surface area contributed by atoms with E-state index in [-0.39, 0.29) is 0 Å². The third kappa shape index (κ3) is 3.47. The Morgan fingerprint density at radius 3 is 2.00 bits per heavy atom. The molecule has 0 aliphatic heterocycles. The van der Waals surface area contributed by atoms with E-state index in [2.05, 4.69) is 100 Å². The lowest BCUT2D eigenvalue weighted by Gasteiger charge is -2.13. The zero-order chi connectivity index (χ0) is 18.6. The second kappa shape index (κ2) is 7.93. The highest BCUT2D eigenvalue weighted by Crippen LogP contribution is 2.38. The molecule has 3 aromatic carbocycles. The molecule has 0 aliphatic carbocycles. The van der Waals surface area contributed by atoms with Crippen molar-refractivity contribution < 1.29 is 0 Å². The van der Waals surface area contributed by atoms with Gasteiger partial charge in [-0.3, -0.25) is 0 Å². The third-order valence-corrected chi connectivity index (χ3v) is 5.32. The summed E-state index contributed by atoms with van der Waals surface area (Å²) in [6.07, 6.45) is 1.04. The van der Waals surface area contributed by atoms with Gasteiger partial charge in [0.15, 0.2) is 0 Å². The molecule has 27 heavy (non-hydrogen) atoms. The first-order valence-electron chi connectivity index (χ1n) is 9.26. The van der Waals surface area contributed by atoms with Crippen LogP contribution in [0, 0.1) is 0 Å². The number of benzene rings is 3. The van der Waals surface area contributed by atoms with Crippen LogP contribution in [0.15, 0.2) is 89.4 Å². The molecule has 0 aliphatic rings. The molecular formula is C24H21BrN2. The minimum absolute atomic E-state index is 0.917. The van der Waals surface area contributed by atoms with Gasteiger partial charge in [0, 0.05) is 27.7 Å². The van der Waals surface area contributed by atoms with E-state index in [0.29, 0.717) is 0 Å². The summed E-state index contributed by atoms with van der Waals surface area (Å²) in [5, 5.41) is 0. The van der Waals surface area contributed by atoms with Gasteiger partial charge in [0.25, 0.3) is 0 Å². The molecule has 0 amide bonds. The van der Waals surface area contributed by atoms with Crippen molar-refractivity contribution in [2.24, 2.45) is 0 Å². The van der Waals surface area contributed by atoms with Gasteiger partial charge < -0.3 is 4.57 Å². The zero-order valence-electron chi connectivity index (χ0n) is 15.3. The van der Waals surface area contributed by atoms with E-state index >= 15 is 0 Å². The molecule has 4 aromatic rings. The summed E-state index contributed by atoms with van der Waals surface area (Å²) < 4.78 is 3.42. The molecule has 0 bridgehead atoms. The van der Waals surface area contributed by atoms with Gasteiger partial charge in [0.2, 0.25) is 0 Å². The Hall–Kier alpha value is -2.65. The minimum atomic E-state index is 0.917. The van der Waals surface area contributed by atoms with Crippen LogP contribution >= 0.6 is 15.9 Å². The van der Waals surface area contributed by atoms with E-state index in [1.807, 2.05) is 12.1 Å². The van der Waals surface area contributed by atoms with Crippen molar-refractivity contribution in [2.75, 3.05) is 0 Å². The fourth-order valence-electron chi connectivity index (χ4n) is 3.43. The number of halogens is 1. The summed E-state index contributed by atoms with van der Waals surface area (Å²) in [7, 11) is 0.